The van der Waals surface area contributed by atoms with Gasteiger partial charge >= 0.3 is 5.97 Å². The van der Waals surface area contributed by atoms with E-state index in [0.717, 1.165) is 28.0 Å². The minimum atomic E-state index is -2.28. The smallest absolute Gasteiger partial charge is 0.354 e. The zero-order chi connectivity index (χ0) is 21.5. The Balaban J connectivity index is 1.83. The van der Waals surface area contributed by atoms with E-state index in [1.54, 1.807) is 0 Å². The summed E-state index contributed by atoms with van der Waals surface area (Å²) in [6.07, 6.45) is 3.13. The van der Waals surface area contributed by atoms with E-state index in [1.807, 2.05) is 0 Å². The zero-order valence-corrected chi connectivity index (χ0v) is 14.4. The third kappa shape index (κ3) is 3.53. The van der Waals surface area contributed by atoms with Gasteiger partial charge in [-0.3, -0.25) is 14.2 Å². The number of nitrogens with zero attached hydrogens (tertiary/aromatic N) is 4. The lowest BCUT2D eigenvalue weighted by molar-refractivity contribution is 0.0680. The fourth-order valence-electron chi connectivity index (χ4n) is 2.52. The fourth-order valence-corrected chi connectivity index (χ4v) is 2.52. The highest BCUT2D eigenvalue weighted by molar-refractivity contribution is 6.09. The van der Waals surface area contributed by atoms with Crippen LogP contribution in [0.4, 0.5) is 27.6 Å². The molecule has 8 nitrogen and oxygen atoms in total. The van der Waals surface area contributed by atoms with Crippen molar-refractivity contribution >= 4 is 17.6 Å². The third-order valence-corrected chi connectivity index (χ3v) is 3.90. The molecule has 152 valence electrons. The van der Waals surface area contributed by atoms with Crippen LogP contribution in [0.25, 0.3) is 0 Å². The molecule has 0 saturated carbocycles. The van der Waals surface area contributed by atoms with Gasteiger partial charge in [-0.15, -0.1) is 0 Å². The van der Waals surface area contributed by atoms with Gasteiger partial charge < -0.3 is 10.4 Å². The second-order valence-corrected chi connectivity index (χ2v) is 5.76. The predicted molar refractivity (Wildman–Crippen MR) is 85.7 cm³/mol. The topological polar surface area (TPSA) is 102 Å². The Labute approximate surface area is 158 Å². The van der Waals surface area contributed by atoms with E-state index in [0.29, 0.717) is 0 Å². The van der Waals surface area contributed by atoms with E-state index in [-0.39, 0.29) is 16.9 Å². The molecule has 0 aliphatic carbocycles. The van der Waals surface area contributed by atoms with Crippen LogP contribution in [0.5, 0.6) is 0 Å². The maximum Gasteiger partial charge on any atom is 0.354 e. The van der Waals surface area contributed by atoms with Gasteiger partial charge in [0, 0.05) is 13.2 Å². The molecule has 3 aromatic rings. The molecule has 2 aromatic heterocycles. The van der Waals surface area contributed by atoms with Crippen molar-refractivity contribution in [3.05, 3.63) is 64.5 Å². The number of amides is 1. The molecule has 0 fully saturated rings. The Morgan fingerprint density at radius 2 is 1.59 bits per heavy atom. The Hall–Kier alpha value is -3.77. The van der Waals surface area contributed by atoms with Crippen LogP contribution >= 0.6 is 0 Å². The summed E-state index contributed by atoms with van der Waals surface area (Å²) in [7, 11) is 1.32. The monoisotopic (exact) mass is 415 g/mol. The second kappa shape index (κ2) is 7.33. The summed E-state index contributed by atoms with van der Waals surface area (Å²) < 4.78 is 68.9. The van der Waals surface area contributed by atoms with E-state index in [9.17, 15) is 31.5 Å². The minimum Gasteiger partial charge on any atom is -0.477 e. The Bertz CT molecular complexity index is 1110. The molecule has 1 amide bonds. The molecule has 0 aliphatic rings. The average molecular weight is 415 g/mol. The van der Waals surface area contributed by atoms with Crippen LogP contribution in [0, 0.1) is 29.1 Å². The number of nitrogens with one attached hydrogen (secondary N) is 1. The van der Waals surface area contributed by atoms with Crippen molar-refractivity contribution in [1.29, 1.82) is 0 Å². The van der Waals surface area contributed by atoms with E-state index in [2.05, 4.69) is 15.5 Å². The van der Waals surface area contributed by atoms with Crippen molar-refractivity contribution in [1.82, 2.24) is 19.6 Å². The van der Waals surface area contributed by atoms with Gasteiger partial charge in [-0.25, -0.2) is 26.7 Å². The quantitative estimate of drug-likeness (QED) is 0.378. The number of hydrogen-bond donors (Lipinski definition) is 2. The summed E-state index contributed by atoms with van der Waals surface area (Å²) >= 11 is 0. The number of carboxylic acids is 1. The van der Waals surface area contributed by atoms with Crippen LogP contribution in [0.3, 0.4) is 0 Å². The second-order valence-electron chi connectivity index (χ2n) is 5.76. The Morgan fingerprint density at radius 3 is 2.17 bits per heavy atom. The first kappa shape index (κ1) is 20.0. The maximum absolute atomic E-state index is 13.8. The summed E-state index contributed by atoms with van der Waals surface area (Å²) in [6.45, 7) is -0.811. The first-order valence-corrected chi connectivity index (χ1v) is 7.71. The number of rotatable bonds is 5. The summed E-state index contributed by atoms with van der Waals surface area (Å²) in [5, 5.41) is 18.8. The molecule has 0 aliphatic heterocycles. The molecular weight excluding hydrogens is 405 g/mol. The molecule has 0 saturated heterocycles. The highest BCUT2D eigenvalue weighted by Gasteiger charge is 2.26. The van der Waals surface area contributed by atoms with Crippen molar-refractivity contribution in [3.8, 4) is 0 Å². The Kier molecular flexibility index (Phi) is 5.05. The maximum atomic E-state index is 13.8. The lowest BCUT2D eigenvalue weighted by Crippen LogP contribution is -2.17. The molecule has 2 heterocycles. The fraction of sp³-hybridized carbons (Fsp3) is 0.125. The van der Waals surface area contributed by atoms with Crippen molar-refractivity contribution in [2.75, 3.05) is 5.32 Å². The van der Waals surface area contributed by atoms with Crippen LogP contribution < -0.4 is 5.32 Å². The standard InChI is InChI=1S/C16H10F5N5O3/c1-25-14(16(28)29)7(3-22-25)15(27)24-6-2-23-26(4-6)5-8-9(17)11(19)13(21)12(20)10(8)18/h2-4H,5H2,1H3,(H,24,27)(H,28,29). The molecule has 0 bridgehead atoms. The van der Waals surface area contributed by atoms with Crippen molar-refractivity contribution in [3.63, 3.8) is 0 Å². The van der Waals surface area contributed by atoms with Gasteiger partial charge in [0.05, 0.1) is 35.8 Å². The lowest BCUT2D eigenvalue weighted by Gasteiger charge is -2.08. The number of carboxylic acid groups (broad SMARTS) is 1. The molecule has 0 atom stereocenters. The van der Waals surface area contributed by atoms with E-state index >= 15 is 0 Å². The van der Waals surface area contributed by atoms with Gasteiger partial charge in [0.1, 0.15) is 0 Å². The van der Waals surface area contributed by atoms with Gasteiger partial charge in [-0.2, -0.15) is 10.2 Å². The number of anilines is 1. The molecule has 0 spiro atoms. The summed E-state index contributed by atoms with van der Waals surface area (Å²) in [5.41, 5.74) is -1.76. The van der Waals surface area contributed by atoms with Gasteiger partial charge in [-0.05, 0) is 0 Å². The molecule has 13 heteroatoms. The number of halogens is 5. The van der Waals surface area contributed by atoms with E-state index in [4.69, 9.17) is 5.11 Å². The highest BCUT2D eigenvalue weighted by Crippen LogP contribution is 2.24. The first-order chi connectivity index (χ1) is 13.6. The van der Waals surface area contributed by atoms with Crippen LogP contribution in [-0.4, -0.2) is 36.5 Å². The molecule has 2 N–H and O–H groups in total. The molecule has 1 aromatic carbocycles. The lowest BCUT2D eigenvalue weighted by atomic mass is 10.1. The zero-order valence-electron chi connectivity index (χ0n) is 14.4. The largest absolute Gasteiger partial charge is 0.477 e. The van der Waals surface area contributed by atoms with Crippen LogP contribution in [0.15, 0.2) is 18.6 Å². The summed E-state index contributed by atoms with van der Waals surface area (Å²) in [4.78, 5) is 23.4. The van der Waals surface area contributed by atoms with Gasteiger partial charge in [0.25, 0.3) is 5.91 Å². The molecular formula is C16H10F5N5O3. The van der Waals surface area contributed by atoms with Gasteiger partial charge in [0.15, 0.2) is 29.0 Å². The van der Waals surface area contributed by atoms with Gasteiger partial charge in [0.2, 0.25) is 5.82 Å². The van der Waals surface area contributed by atoms with Crippen molar-refractivity contribution < 1.29 is 36.6 Å². The summed E-state index contributed by atoms with van der Waals surface area (Å²) in [6, 6.07) is 0. The number of hydrogen-bond acceptors (Lipinski definition) is 4. The first-order valence-electron chi connectivity index (χ1n) is 7.71. The molecule has 0 radical (unpaired) electrons. The Morgan fingerprint density at radius 1 is 1.00 bits per heavy atom. The predicted octanol–water partition coefficient (Wildman–Crippen LogP) is 2.31. The number of aromatic carboxylic acids is 1. The molecule has 0 unspecified atom stereocenters. The summed E-state index contributed by atoms with van der Waals surface area (Å²) in [5.74, 6) is -12.7. The van der Waals surface area contributed by atoms with Crippen LogP contribution in [0.2, 0.25) is 0 Å². The van der Waals surface area contributed by atoms with E-state index < -0.39 is 53.1 Å². The SMILES string of the molecule is Cn1ncc(C(=O)Nc2cnn(Cc3c(F)c(F)c(F)c(F)c3F)c2)c1C(=O)O. The average Bonchev–Trinajstić information content (AvgIpc) is 3.28. The minimum absolute atomic E-state index is 0.0148. The molecule has 3 rings (SSSR count). The normalized spacial score (nSPS) is 11.0. The number of benzene rings is 1. The number of carbonyl (C=O) groups excluding carboxylic acids is 1. The third-order valence-electron chi connectivity index (χ3n) is 3.90. The van der Waals surface area contributed by atoms with Crippen molar-refractivity contribution in [2.24, 2.45) is 7.05 Å². The molecule has 29 heavy (non-hydrogen) atoms. The highest BCUT2D eigenvalue weighted by atomic mass is 19.2. The van der Waals surface area contributed by atoms with Gasteiger partial charge in [-0.1, -0.05) is 0 Å². The van der Waals surface area contributed by atoms with Crippen molar-refractivity contribution in [2.45, 2.75) is 6.54 Å². The van der Waals surface area contributed by atoms with Crippen LogP contribution in [-0.2, 0) is 13.6 Å². The number of aromatic nitrogens is 4. The van der Waals surface area contributed by atoms with Crippen LogP contribution in [0.1, 0.15) is 26.4 Å². The number of aryl methyl sites for hydroxylation is 1. The van der Waals surface area contributed by atoms with E-state index in [1.165, 1.54) is 7.05 Å². The number of carbonyl (C=O) groups is 2.